The van der Waals surface area contributed by atoms with Crippen molar-refractivity contribution in [2.24, 2.45) is 4.99 Å². The molecule has 0 saturated heterocycles. The van der Waals surface area contributed by atoms with E-state index in [4.69, 9.17) is 4.99 Å². The fourth-order valence-corrected chi connectivity index (χ4v) is 2.36. The van der Waals surface area contributed by atoms with E-state index in [1.165, 1.54) is 16.8 Å². The van der Waals surface area contributed by atoms with E-state index in [2.05, 4.69) is 54.6 Å². The summed E-state index contributed by atoms with van der Waals surface area (Å²) in [7, 11) is 0. The van der Waals surface area contributed by atoms with E-state index in [1.807, 2.05) is 75.3 Å². The molecule has 2 aromatic rings. The zero-order chi connectivity index (χ0) is 21.5. The van der Waals surface area contributed by atoms with Crippen molar-refractivity contribution in [1.29, 1.82) is 0 Å². The zero-order valence-electron chi connectivity index (χ0n) is 20.2. The summed E-state index contributed by atoms with van der Waals surface area (Å²) in [6.45, 7) is 20.0. The Labute approximate surface area is 189 Å². The van der Waals surface area contributed by atoms with Gasteiger partial charge in [0.15, 0.2) is 0 Å². The maximum Gasteiger partial charge on any atom is 0.0756 e. The van der Waals surface area contributed by atoms with Gasteiger partial charge >= 0.3 is 0 Å². The largest absolute Gasteiger partial charge is 0.281 e. The van der Waals surface area contributed by atoms with Crippen LogP contribution < -0.4 is 0 Å². The van der Waals surface area contributed by atoms with Gasteiger partial charge in [0.05, 0.1) is 6.04 Å². The molecule has 2 heteroatoms. The van der Waals surface area contributed by atoms with Gasteiger partial charge in [-0.2, -0.15) is 0 Å². The van der Waals surface area contributed by atoms with Crippen molar-refractivity contribution in [3.63, 3.8) is 0 Å². The summed E-state index contributed by atoms with van der Waals surface area (Å²) < 4.78 is 0. The van der Waals surface area contributed by atoms with Crippen LogP contribution in [-0.2, 0) is 18.6 Å². The Kier molecular flexibility index (Phi) is 34.1. The first-order chi connectivity index (χ1) is 13.4. The van der Waals surface area contributed by atoms with E-state index in [0.717, 1.165) is 12.8 Å². The van der Waals surface area contributed by atoms with Crippen LogP contribution in [-0.4, -0.2) is 5.71 Å². The second-order valence-electron chi connectivity index (χ2n) is 4.41. The first-order valence-corrected chi connectivity index (χ1v) is 11.1. The van der Waals surface area contributed by atoms with Crippen LogP contribution in [0, 0.1) is 0 Å². The quantitative estimate of drug-likeness (QED) is 0.457. The van der Waals surface area contributed by atoms with Gasteiger partial charge in [0.25, 0.3) is 0 Å². The molecule has 28 heavy (non-hydrogen) atoms. The molecule has 0 aliphatic carbocycles. The summed E-state index contributed by atoms with van der Waals surface area (Å²) in [4.78, 5) is 4.85. The molecule has 0 aromatic heterocycles. The Hall–Kier alpha value is -1.31. The van der Waals surface area contributed by atoms with E-state index in [-0.39, 0.29) is 18.6 Å². The van der Waals surface area contributed by atoms with Gasteiger partial charge in [0.2, 0.25) is 0 Å². The Morgan fingerprint density at radius 3 is 1.43 bits per heavy atom. The van der Waals surface area contributed by atoms with Gasteiger partial charge < -0.3 is 0 Å². The summed E-state index contributed by atoms with van der Waals surface area (Å²) in [5.41, 5.74) is 3.85. The van der Waals surface area contributed by atoms with E-state index >= 15 is 0 Å². The average molecular weight is 423 g/mol. The monoisotopic (exact) mass is 422 g/mol. The molecule has 1 heterocycles. The third-order valence-electron chi connectivity index (χ3n) is 3.26. The number of nitrogens with zero attached hydrogens (tertiary/aromatic N) is 1. The average Bonchev–Trinajstić information content (AvgIpc) is 3.32. The van der Waals surface area contributed by atoms with Crippen molar-refractivity contribution in [2.75, 3.05) is 0 Å². The fraction of sp³-hybridized carbons (Fsp3) is 0.500. The van der Waals surface area contributed by atoms with Gasteiger partial charge in [-0.15, -0.1) is 0 Å². The first-order valence-electron chi connectivity index (χ1n) is 11.1. The number of hydrogen-bond donors (Lipinski definition) is 0. The maximum atomic E-state index is 4.85. The third kappa shape index (κ3) is 13.8. The summed E-state index contributed by atoms with van der Waals surface area (Å²) in [5.74, 6) is 0. The summed E-state index contributed by atoms with van der Waals surface area (Å²) in [6.07, 6.45) is 2.22. The van der Waals surface area contributed by atoms with Crippen LogP contribution in [0.5, 0.6) is 0 Å². The maximum absolute atomic E-state index is 4.85. The van der Waals surface area contributed by atoms with Crippen molar-refractivity contribution >= 4 is 5.71 Å². The summed E-state index contributed by atoms with van der Waals surface area (Å²) in [6, 6.07) is 21.4. The molecule has 0 amide bonds. The molecule has 0 saturated carbocycles. The number of benzene rings is 2. The predicted octanol–water partition coefficient (Wildman–Crippen LogP) is 9.14. The second kappa shape index (κ2) is 27.9. The molecular formula is C26H45NV. The van der Waals surface area contributed by atoms with Crippen LogP contribution >= 0.6 is 0 Å². The Bertz CT molecular complexity index is 521. The number of hydrogen-bond acceptors (Lipinski definition) is 1. The van der Waals surface area contributed by atoms with Crippen molar-refractivity contribution in [1.82, 2.24) is 0 Å². The Balaban J connectivity index is -0.000000230. The Morgan fingerprint density at radius 1 is 0.607 bits per heavy atom. The van der Waals surface area contributed by atoms with Crippen LogP contribution in [0.2, 0.25) is 0 Å². The molecule has 3 rings (SSSR count). The van der Waals surface area contributed by atoms with Gasteiger partial charge in [0.1, 0.15) is 0 Å². The van der Waals surface area contributed by atoms with E-state index in [1.54, 1.807) is 0 Å². The molecule has 2 aromatic carbocycles. The SMILES string of the molecule is CC.CC.CC.CC.CC.[V].c1ccc(C2=NC(c3ccccc3)CC2)cc1. The first kappa shape index (κ1) is 34.2. The van der Waals surface area contributed by atoms with Gasteiger partial charge in [-0.05, 0) is 24.0 Å². The smallest absolute Gasteiger partial charge is 0.0756 e. The number of rotatable bonds is 2. The normalized spacial score (nSPS) is 12.6. The molecule has 1 aliphatic heterocycles. The predicted molar refractivity (Wildman–Crippen MR) is 128 cm³/mol. The molecule has 0 spiro atoms. The fourth-order valence-electron chi connectivity index (χ4n) is 2.36. The van der Waals surface area contributed by atoms with Crippen molar-refractivity contribution in [2.45, 2.75) is 88.1 Å². The topological polar surface area (TPSA) is 12.4 Å². The third-order valence-corrected chi connectivity index (χ3v) is 3.26. The summed E-state index contributed by atoms with van der Waals surface area (Å²) in [5, 5.41) is 0. The zero-order valence-corrected chi connectivity index (χ0v) is 21.6. The van der Waals surface area contributed by atoms with Crippen LogP contribution in [0.1, 0.15) is 99.2 Å². The van der Waals surface area contributed by atoms with Gasteiger partial charge in [-0.25, -0.2) is 0 Å². The summed E-state index contributed by atoms with van der Waals surface area (Å²) >= 11 is 0. The molecule has 0 bridgehead atoms. The minimum Gasteiger partial charge on any atom is -0.281 e. The standard InChI is InChI=1S/C16H15N.5C2H6.V/c1-3-7-13(8-4-1)15-11-12-16(17-15)14-9-5-2-6-10-14;5*1-2;/h1-10,15H,11-12H2;5*1-2H3;. The van der Waals surface area contributed by atoms with Gasteiger partial charge in [-0.1, -0.05) is 130 Å². The second-order valence-corrected chi connectivity index (χ2v) is 4.41. The molecule has 1 radical (unpaired) electrons. The molecule has 1 nitrogen and oxygen atoms in total. The molecule has 0 N–H and O–H groups in total. The molecule has 0 fully saturated rings. The van der Waals surface area contributed by atoms with Gasteiger partial charge in [0, 0.05) is 24.3 Å². The minimum absolute atomic E-state index is 0. The van der Waals surface area contributed by atoms with E-state index < -0.39 is 0 Å². The van der Waals surface area contributed by atoms with Crippen molar-refractivity contribution in [3.05, 3.63) is 71.8 Å². The van der Waals surface area contributed by atoms with E-state index in [0.29, 0.717) is 6.04 Å². The Morgan fingerprint density at radius 2 is 1.00 bits per heavy atom. The van der Waals surface area contributed by atoms with Crippen molar-refractivity contribution < 1.29 is 18.6 Å². The van der Waals surface area contributed by atoms with Gasteiger partial charge in [-0.3, -0.25) is 4.99 Å². The molecule has 159 valence electrons. The van der Waals surface area contributed by atoms with E-state index in [9.17, 15) is 0 Å². The molecule has 1 atom stereocenters. The molecule has 1 unspecified atom stereocenters. The van der Waals surface area contributed by atoms with Crippen LogP contribution in [0.25, 0.3) is 0 Å². The molecule has 1 aliphatic rings. The minimum atomic E-state index is 0. The van der Waals surface area contributed by atoms with Crippen LogP contribution in [0.4, 0.5) is 0 Å². The van der Waals surface area contributed by atoms with Crippen LogP contribution in [0.15, 0.2) is 65.7 Å². The van der Waals surface area contributed by atoms with Crippen LogP contribution in [0.3, 0.4) is 0 Å². The molecular weight excluding hydrogens is 377 g/mol. The van der Waals surface area contributed by atoms with Crippen molar-refractivity contribution in [3.8, 4) is 0 Å². The number of aliphatic imine (C=N–C) groups is 1.